The minimum atomic E-state index is 0.287. The van der Waals surface area contributed by atoms with Crippen LogP contribution >= 0.6 is 0 Å². The molecule has 0 saturated heterocycles. The molecule has 16 heavy (non-hydrogen) atoms. The van der Waals surface area contributed by atoms with Crippen molar-refractivity contribution < 1.29 is 0 Å². The highest BCUT2D eigenvalue weighted by Crippen LogP contribution is 2.28. The van der Waals surface area contributed by atoms with Crippen molar-refractivity contribution in [2.75, 3.05) is 6.54 Å². The third-order valence-corrected chi connectivity index (χ3v) is 3.74. The fourth-order valence-corrected chi connectivity index (χ4v) is 1.88. The van der Waals surface area contributed by atoms with Gasteiger partial charge in [0.2, 0.25) is 0 Å². The van der Waals surface area contributed by atoms with Crippen molar-refractivity contribution >= 4 is 0 Å². The lowest BCUT2D eigenvalue weighted by Gasteiger charge is -2.24. The minimum Gasteiger partial charge on any atom is -0.330 e. The summed E-state index contributed by atoms with van der Waals surface area (Å²) in [6.07, 6.45) is 2.24. The van der Waals surface area contributed by atoms with Crippen molar-refractivity contribution in [1.29, 1.82) is 0 Å². The maximum absolute atomic E-state index is 5.59. The van der Waals surface area contributed by atoms with Gasteiger partial charge in [0.05, 0.1) is 0 Å². The van der Waals surface area contributed by atoms with Crippen LogP contribution in [0.15, 0.2) is 24.3 Å². The van der Waals surface area contributed by atoms with E-state index in [1.54, 1.807) is 0 Å². The Hall–Kier alpha value is -0.820. The van der Waals surface area contributed by atoms with Gasteiger partial charge < -0.3 is 5.73 Å². The van der Waals surface area contributed by atoms with Gasteiger partial charge in [-0.1, -0.05) is 52.0 Å². The molecule has 0 radical (unpaired) electrons. The first kappa shape index (κ1) is 13.2. The van der Waals surface area contributed by atoms with E-state index in [0.717, 1.165) is 13.0 Å². The Morgan fingerprint density at radius 1 is 1.19 bits per heavy atom. The predicted octanol–water partition coefficient (Wildman–Crippen LogP) is 3.83. The average Bonchev–Trinajstić information content (AvgIpc) is 2.29. The third-order valence-electron chi connectivity index (χ3n) is 3.74. The first-order valence-corrected chi connectivity index (χ1v) is 6.31. The van der Waals surface area contributed by atoms with Crippen LogP contribution in [0, 0.1) is 0 Å². The van der Waals surface area contributed by atoms with E-state index in [1.807, 2.05) is 0 Å². The summed E-state index contributed by atoms with van der Waals surface area (Å²) in [7, 11) is 0. The summed E-state index contributed by atoms with van der Waals surface area (Å²) in [5.41, 5.74) is 8.71. The Kier molecular flexibility index (Phi) is 4.55. The SMILES string of the molecule is CCC(C)(C)c1ccc(C(C)CCN)cc1. The molecule has 0 spiro atoms. The highest BCUT2D eigenvalue weighted by molar-refractivity contribution is 5.29. The molecule has 1 rings (SSSR count). The Labute approximate surface area is 100 Å². The lowest BCUT2D eigenvalue weighted by Crippen LogP contribution is -2.15. The van der Waals surface area contributed by atoms with E-state index in [9.17, 15) is 0 Å². The van der Waals surface area contributed by atoms with Gasteiger partial charge in [-0.05, 0) is 41.8 Å². The van der Waals surface area contributed by atoms with E-state index in [4.69, 9.17) is 5.73 Å². The molecular formula is C15H25N. The molecule has 1 aromatic carbocycles. The van der Waals surface area contributed by atoms with Gasteiger partial charge in [-0.2, -0.15) is 0 Å². The van der Waals surface area contributed by atoms with Gasteiger partial charge in [0.15, 0.2) is 0 Å². The van der Waals surface area contributed by atoms with Crippen LogP contribution in [0.2, 0.25) is 0 Å². The quantitative estimate of drug-likeness (QED) is 0.800. The van der Waals surface area contributed by atoms with Crippen LogP contribution in [0.3, 0.4) is 0 Å². The van der Waals surface area contributed by atoms with Crippen molar-refractivity contribution in [3.8, 4) is 0 Å². The molecule has 1 nitrogen and oxygen atoms in total. The lowest BCUT2D eigenvalue weighted by molar-refractivity contribution is 0.506. The summed E-state index contributed by atoms with van der Waals surface area (Å²) in [6, 6.07) is 9.05. The first-order valence-electron chi connectivity index (χ1n) is 6.31. The molecule has 0 saturated carbocycles. The largest absolute Gasteiger partial charge is 0.330 e. The summed E-state index contributed by atoms with van der Waals surface area (Å²) in [4.78, 5) is 0. The van der Waals surface area contributed by atoms with E-state index in [2.05, 4.69) is 52.0 Å². The molecule has 0 fully saturated rings. The Balaban J connectivity index is 2.83. The number of benzene rings is 1. The Morgan fingerprint density at radius 3 is 2.19 bits per heavy atom. The lowest BCUT2D eigenvalue weighted by atomic mass is 9.81. The van der Waals surface area contributed by atoms with E-state index in [-0.39, 0.29) is 5.41 Å². The zero-order valence-corrected chi connectivity index (χ0v) is 11.1. The predicted molar refractivity (Wildman–Crippen MR) is 71.8 cm³/mol. The Morgan fingerprint density at radius 2 is 1.75 bits per heavy atom. The van der Waals surface area contributed by atoms with Gasteiger partial charge in [-0.3, -0.25) is 0 Å². The van der Waals surface area contributed by atoms with Gasteiger partial charge in [0.1, 0.15) is 0 Å². The molecule has 0 aliphatic rings. The van der Waals surface area contributed by atoms with Crippen LogP contribution in [0.4, 0.5) is 0 Å². The van der Waals surface area contributed by atoms with Crippen LogP contribution in [-0.2, 0) is 5.41 Å². The number of hydrogen-bond acceptors (Lipinski definition) is 1. The maximum Gasteiger partial charge on any atom is -0.00715 e. The van der Waals surface area contributed by atoms with Crippen LogP contribution in [-0.4, -0.2) is 6.54 Å². The molecule has 1 atom stereocenters. The highest BCUT2D eigenvalue weighted by Gasteiger charge is 2.17. The number of rotatable bonds is 5. The number of hydrogen-bond donors (Lipinski definition) is 1. The van der Waals surface area contributed by atoms with Crippen molar-refractivity contribution in [3.63, 3.8) is 0 Å². The molecule has 0 aliphatic heterocycles. The summed E-state index contributed by atoms with van der Waals surface area (Å²) >= 11 is 0. The van der Waals surface area contributed by atoms with Crippen LogP contribution in [0.5, 0.6) is 0 Å². The summed E-state index contributed by atoms with van der Waals surface area (Å²) in [6.45, 7) is 9.85. The molecule has 0 amide bonds. The van der Waals surface area contributed by atoms with Crippen molar-refractivity contribution in [2.45, 2.75) is 51.9 Å². The highest BCUT2D eigenvalue weighted by atomic mass is 14.5. The molecule has 2 N–H and O–H groups in total. The van der Waals surface area contributed by atoms with Crippen LogP contribution in [0.25, 0.3) is 0 Å². The molecular weight excluding hydrogens is 194 g/mol. The topological polar surface area (TPSA) is 26.0 Å². The molecule has 90 valence electrons. The van der Waals surface area contributed by atoms with Gasteiger partial charge in [0, 0.05) is 0 Å². The zero-order chi connectivity index (χ0) is 12.2. The zero-order valence-electron chi connectivity index (χ0n) is 11.1. The molecule has 1 aromatic rings. The second-order valence-electron chi connectivity index (χ2n) is 5.34. The second-order valence-corrected chi connectivity index (χ2v) is 5.34. The van der Waals surface area contributed by atoms with Gasteiger partial charge in [-0.25, -0.2) is 0 Å². The fraction of sp³-hybridized carbons (Fsp3) is 0.600. The van der Waals surface area contributed by atoms with E-state index in [1.165, 1.54) is 17.5 Å². The molecule has 1 heteroatoms. The third kappa shape index (κ3) is 3.08. The Bertz CT molecular complexity index is 311. The first-order chi connectivity index (χ1) is 7.51. The van der Waals surface area contributed by atoms with Gasteiger partial charge >= 0.3 is 0 Å². The molecule has 0 aromatic heterocycles. The second kappa shape index (κ2) is 5.49. The van der Waals surface area contributed by atoms with Crippen molar-refractivity contribution in [1.82, 2.24) is 0 Å². The monoisotopic (exact) mass is 219 g/mol. The molecule has 0 aliphatic carbocycles. The smallest absolute Gasteiger partial charge is 0.00715 e. The van der Waals surface area contributed by atoms with Gasteiger partial charge in [-0.15, -0.1) is 0 Å². The van der Waals surface area contributed by atoms with E-state index < -0.39 is 0 Å². The molecule has 0 bridgehead atoms. The van der Waals surface area contributed by atoms with Crippen LogP contribution < -0.4 is 5.73 Å². The van der Waals surface area contributed by atoms with E-state index in [0.29, 0.717) is 5.92 Å². The minimum absolute atomic E-state index is 0.287. The van der Waals surface area contributed by atoms with Crippen molar-refractivity contribution in [2.24, 2.45) is 5.73 Å². The summed E-state index contributed by atoms with van der Waals surface area (Å²) < 4.78 is 0. The molecule has 0 heterocycles. The van der Waals surface area contributed by atoms with E-state index >= 15 is 0 Å². The summed E-state index contributed by atoms with van der Waals surface area (Å²) in [5.74, 6) is 0.573. The number of nitrogens with two attached hydrogens (primary N) is 1. The molecule has 1 unspecified atom stereocenters. The normalized spacial score (nSPS) is 13.8. The maximum atomic E-state index is 5.59. The van der Waals surface area contributed by atoms with Crippen molar-refractivity contribution in [3.05, 3.63) is 35.4 Å². The average molecular weight is 219 g/mol. The fourth-order valence-electron chi connectivity index (χ4n) is 1.88. The standard InChI is InChI=1S/C15H25N/c1-5-15(3,4)14-8-6-13(7-9-14)12(2)10-11-16/h6-9,12H,5,10-11,16H2,1-4H3. The van der Waals surface area contributed by atoms with Crippen LogP contribution in [0.1, 0.15) is 57.6 Å². The summed E-state index contributed by atoms with van der Waals surface area (Å²) in [5, 5.41) is 0. The van der Waals surface area contributed by atoms with Gasteiger partial charge in [0.25, 0.3) is 0 Å².